The van der Waals surface area contributed by atoms with E-state index in [1.165, 1.54) is 0 Å². The fourth-order valence-corrected chi connectivity index (χ4v) is 2.86. The van der Waals surface area contributed by atoms with Gasteiger partial charge in [0.05, 0.1) is 37.8 Å². The van der Waals surface area contributed by atoms with Crippen LogP contribution in [0.1, 0.15) is 47.5 Å². The van der Waals surface area contributed by atoms with E-state index in [9.17, 15) is 19.5 Å². The molecule has 0 fully saturated rings. The minimum absolute atomic E-state index is 0.115. The molecule has 1 unspecified atom stereocenters. The fraction of sp³-hybridized carbons (Fsp3) is 0.850. The molecule has 0 heterocycles. The minimum Gasteiger partial charge on any atom is -0.481 e. The molecule has 9 nitrogen and oxygen atoms in total. The number of likely N-dealkylation sites (N-methyl/N-ethyl adjacent to an activating group) is 1. The number of amides is 2. The summed E-state index contributed by atoms with van der Waals surface area (Å²) in [6, 6.07) is 0. The third-order valence-corrected chi connectivity index (χ3v) is 4.41. The summed E-state index contributed by atoms with van der Waals surface area (Å²) >= 11 is 0. The third-order valence-electron chi connectivity index (χ3n) is 4.41. The number of carbonyl (C=O) groups is 3. The van der Waals surface area contributed by atoms with Crippen molar-refractivity contribution in [2.75, 3.05) is 46.5 Å². The van der Waals surface area contributed by atoms with Gasteiger partial charge >= 0.3 is 5.97 Å². The Labute approximate surface area is 174 Å². The molecular formula is C20H39N3O6. The van der Waals surface area contributed by atoms with E-state index >= 15 is 0 Å². The van der Waals surface area contributed by atoms with Crippen molar-refractivity contribution in [1.29, 1.82) is 0 Å². The lowest BCUT2D eigenvalue weighted by atomic mass is 9.74. The Bertz CT molecular complexity index is 522. The van der Waals surface area contributed by atoms with Gasteiger partial charge < -0.3 is 30.5 Å². The van der Waals surface area contributed by atoms with E-state index in [1.54, 1.807) is 34.6 Å². The summed E-state index contributed by atoms with van der Waals surface area (Å²) in [7, 11) is 1.85. The molecule has 2 amide bonds. The smallest absolute Gasteiger partial charge is 0.309 e. The monoisotopic (exact) mass is 417 g/mol. The predicted molar refractivity (Wildman–Crippen MR) is 111 cm³/mol. The van der Waals surface area contributed by atoms with Gasteiger partial charge in [0.1, 0.15) is 0 Å². The van der Waals surface area contributed by atoms with E-state index in [4.69, 9.17) is 9.47 Å². The molecule has 0 radical (unpaired) electrons. The lowest BCUT2D eigenvalue weighted by Gasteiger charge is -2.31. The topological polar surface area (TPSA) is 126 Å². The number of carboxylic acid groups (broad SMARTS) is 1. The Morgan fingerprint density at radius 2 is 1.52 bits per heavy atom. The predicted octanol–water partition coefficient (Wildman–Crippen LogP) is 0.777. The van der Waals surface area contributed by atoms with E-state index in [2.05, 4.69) is 16.0 Å². The van der Waals surface area contributed by atoms with Crippen LogP contribution in [0.5, 0.6) is 0 Å². The highest BCUT2D eigenvalue weighted by molar-refractivity contribution is 5.83. The zero-order chi connectivity index (χ0) is 22.5. The second kappa shape index (κ2) is 13.5. The first kappa shape index (κ1) is 27.3. The molecule has 0 rings (SSSR count). The van der Waals surface area contributed by atoms with Crippen molar-refractivity contribution in [2.24, 2.45) is 10.8 Å². The SMILES string of the molecule is CNCCOCCNC(=O)CC(C)OCCNC(=O)C(C)(C)CC(C)(C)C(=O)O. The molecule has 0 aromatic rings. The number of hydrogen-bond acceptors (Lipinski definition) is 6. The van der Waals surface area contributed by atoms with Crippen molar-refractivity contribution in [2.45, 2.75) is 53.6 Å². The Hall–Kier alpha value is -1.71. The Morgan fingerprint density at radius 1 is 0.931 bits per heavy atom. The van der Waals surface area contributed by atoms with Crippen LogP contribution in [-0.4, -0.2) is 75.5 Å². The molecule has 0 aromatic heterocycles. The van der Waals surface area contributed by atoms with Gasteiger partial charge in [-0.2, -0.15) is 0 Å². The second-order valence-corrected chi connectivity index (χ2v) is 8.46. The van der Waals surface area contributed by atoms with Gasteiger partial charge in [-0.25, -0.2) is 0 Å². The van der Waals surface area contributed by atoms with E-state index in [1.807, 2.05) is 7.05 Å². The summed E-state index contributed by atoms with van der Waals surface area (Å²) < 4.78 is 10.9. The maximum atomic E-state index is 12.4. The first-order valence-corrected chi connectivity index (χ1v) is 10.0. The molecule has 0 aliphatic heterocycles. The summed E-state index contributed by atoms with van der Waals surface area (Å²) in [5, 5.41) is 17.8. The highest BCUT2D eigenvalue weighted by Gasteiger charge is 2.38. The highest BCUT2D eigenvalue weighted by atomic mass is 16.5. The first-order chi connectivity index (χ1) is 13.4. The number of rotatable bonds is 16. The van der Waals surface area contributed by atoms with Crippen molar-refractivity contribution in [3.05, 3.63) is 0 Å². The summed E-state index contributed by atoms with van der Waals surface area (Å²) in [5.41, 5.74) is -1.81. The molecule has 1 atom stereocenters. The van der Waals surface area contributed by atoms with Gasteiger partial charge in [0.2, 0.25) is 11.8 Å². The summed E-state index contributed by atoms with van der Waals surface area (Å²) in [5.74, 6) is -1.27. The average Bonchev–Trinajstić information content (AvgIpc) is 2.60. The maximum absolute atomic E-state index is 12.4. The van der Waals surface area contributed by atoms with Crippen LogP contribution in [0.15, 0.2) is 0 Å². The Balaban J connectivity index is 4.01. The van der Waals surface area contributed by atoms with Gasteiger partial charge in [-0.3, -0.25) is 14.4 Å². The number of nitrogens with one attached hydrogen (secondary N) is 3. The van der Waals surface area contributed by atoms with E-state index < -0.39 is 16.8 Å². The highest BCUT2D eigenvalue weighted by Crippen LogP contribution is 2.33. The lowest BCUT2D eigenvalue weighted by Crippen LogP contribution is -2.42. The van der Waals surface area contributed by atoms with Crippen LogP contribution in [0, 0.1) is 10.8 Å². The van der Waals surface area contributed by atoms with Gasteiger partial charge in [0.15, 0.2) is 0 Å². The number of ether oxygens (including phenoxy) is 2. The molecule has 0 aliphatic rings. The number of carboxylic acids is 1. The molecule has 0 bridgehead atoms. The molecule has 0 saturated heterocycles. The molecule has 0 aromatic carbocycles. The van der Waals surface area contributed by atoms with Crippen LogP contribution in [-0.2, 0) is 23.9 Å². The number of carbonyl (C=O) groups excluding carboxylic acids is 2. The lowest BCUT2D eigenvalue weighted by molar-refractivity contribution is -0.150. The van der Waals surface area contributed by atoms with Crippen molar-refractivity contribution in [1.82, 2.24) is 16.0 Å². The maximum Gasteiger partial charge on any atom is 0.309 e. The standard InChI is InChI=1S/C20H39N3O6/c1-15(13-16(24)22-8-11-28-10-7-21-6)29-12-9-23-17(25)19(2,3)14-20(4,5)18(26)27/h15,21H,7-14H2,1-6H3,(H,22,24)(H,23,25)(H,26,27). The van der Waals surface area contributed by atoms with Crippen molar-refractivity contribution in [3.8, 4) is 0 Å². The molecule has 0 aliphatic carbocycles. The number of hydrogen-bond donors (Lipinski definition) is 4. The van der Waals surface area contributed by atoms with Crippen LogP contribution in [0.3, 0.4) is 0 Å². The van der Waals surface area contributed by atoms with Gasteiger partial charge in [0, 0.05) is 25.0 Å². The summed E-state index contributed by atoms with van der Waals surface area (Å²) in [6.45, 7) is 11.3. The largest absolute Gasteiger partial charge is 0.481 e. The number of aliphatic carboxylic acids is 1. The van der Waals surface area contributed by atoms with Crippen LogP contribution < -0.4 is 16.0 Å². The van der Waals surface area contributed by atoms with Gasteiger partial charge in [-0.1, -0.05) is 13.8 Å². The molecule has 9 heteroatoms. The van der Waals surface area contributed by atoms with Crippen molar-refractivity contribution >= 4 is 17.8 Å². The zero-order valence-corrected chi connectivity index (χ0v) is 18.7. The van der Waals surface area contributed by atoms with Gasteiger partial charge in [-0.15, -0.1) is 0 Å². The normalized spacial score (nSPS) is 13.0. The summed E-state index contributed by atoms with van der Waals surface area (Å²) in [4.78, 5) is 35.5. The Kier molecular flexibility index (Phi) is 12.7. The molecule has 4 N–H and O–H groups in total. The van der Waals surface area contributed by atoms with Crippen molar-refractivity contribution < 1.29 is 29.0 Å². The van der Waals surface area contributed by atoms with E-state index in [0.29, 0.717) is 26.3 Å². The molecule has 0 spiro atoms. The van der Waals surface area contributed by atoms with Crippen molar-refractivity contribution in [3.63, 3.8) is 0 Å². The quantitative estimate of drug-likeness (QED) is 0.273. The van der Waals surface area contributed by atoms with Crippen LogP contribution >= 0.6 is 0 Å². The van der Waals surface area contributed by atoms with Crippen LogP contribution in [0.25, 0.3) is 0 Å². The molecular weight excluding hydrogens is 378 g/mol. The second-order valence-electron chi connectivity index (χ2n) is 8.46. The van der Waals surface area contributed by atoms with Crippen LogP contribution in [0.2, 0.25) is 0 Å². The molecule has 29 heavy (non-hydrogen) atoms. The molecule has 0 saturated carbocycles. The van der Waals surface area contributed by atoms with E-state index in [-0.39, 0.29) is 37.4 Å². The fourth-order valence-electron chi connectivity index (χ4n) is 2.86. The zero-order valence-electron chi connectivity index (χ0n) is 18.7. The minimum atomic E-state index is -0.989. The Morgan fingerprint density at radius 3 is 2.10 bits per heavy atom. The van der Waals surface area contributed by atoms with Crippen LogP contribution in [0.4, 0.5) is 0 Å². The first-order valence-electron chi connectivity index (χ1n) is 10.0. The molecule has 170 valence electrons. The van der Waals surface area contributed by atoms with E-state index in [0.717, 1.165) is 6.54 Å². The van der Waals surface area contributed by atoms with Gasteiger partial charge in [-0.05, 0) is 34.2 Å². The summed E-state index contributed by atoms with van der Waals surface area (Å²) in [6.07, 6.45) is 0.163. The average molecular weight is 418 g/mol. The van der Waals surface area contributed by atoms with Gasteiger partial charge in [0.25, 0.3) is 0 Å². The third kappa shape index (κ3) is 12.5.